The van der Waals surface area contributed by atoms with E-state index < -0.39 is 0 Å². The minimum Gasteiger partial charge on any atom is -0.490 e. The summed E-state index contributed by atoms with van der Waals surface area (Å²) in [6.45, 7) is 3.04. The van der Waals surface area contributed by atoms with Crippen molar-refractivity contribution in [3.05, 3.63) is 42.2 Å². The molecule has 1 fully saturated rings. The number of nitrogens with zero attached hydrogens (tertiary/aromatic N) is 2. The molecular formula is C33H52N2O. The summed E-state index contributed by atoms with van der Waals surface area (Å²) in [5.74, 6) is 2.61. The van der Waals surface area contributed by atoms with E-state index in [4.69, 9.17) is 4.74 Å². The molecule has 200 valence electrons. The van der Waals surface area contributed by atoms with Gasteiger partial charge in [-0.1, -0.05) is 140 Å². The van der Waals surface area contributed by atoms with E-state index in [0.29, 0.717) is 0 Å². The molecular weight excluding hydrogens is 440 g/mol. The average molecular weight is 493 g/mol. The van der Waals surface area contributed by atoms with Gasteiger partial charge in [0.1, 0.15) is 0 Å². The number of aryl methyl sites for hydroxylation is 1. The van der Waals surface area contributed by atoms with Crippen LogP contribution < -0.4 is 4.74 Å². The van der Waals surface area contributed by atoms with E-state index in [2.05, 4.69) is 41.2 Å². The van der Waals surface area contributed by atoms with Gasteiger partial charge in [-0.05, 0) is 30.7 Å². The monoisotopic (exact) mass is 492 g/mol. The van der Waals surface area contributed by atoms with Crippen LogP contribution in [0.15, 0.2) is 36.7 Å². The van der Waals surface area contributed by atoms with E-state index in [1.54, 1.807) is 0 Å². The second kappa shape index (κ2) is 18.4. The highest BCUT2D eigenvalue weighted by Crippen LogP contribution is 2.29. The molecule has 2 aromatic rings. The first-order valence-electron chi connectivity index (χ1n) is 15.4. The van der Waals surface area contributed by atoms with Crippen LogP contribution in [0, 0.1) is 5.92 Å². The van der Waals surface area contributed by atoms with Gasteiger partial charge in [0.25, 0.3) is 0 Å². The SMILES string of the molecule is CCCCCCCCCCc1ccc(-c2ncc(OCCCCCCCCC3CCCC3)cn2)cc1. The normalized spacial score (nSPS) is 13.9. The molecule has 0 N–H and O–H groups in total. The van der Waals surface area contributed by atoms with E-state index in [-0.39, 0.29) is 0 Å². The van der Waals surface area contributed by atoms with Crippen LogP contribution >= 0.6 is 0 Å². The first-order chi connectivity index (χ1) is 17.8. The van der Waals surface area contributed by atoms with Crippen LogP contribution in [0.5, 0.6) is 5.75 Å². The summed E-state index contributed by atoms with van der Waals surface area (Å²) in [7, 11) is 0. The molecule has 0 amide bonds. The molecule has 1 saturated carbocycles. The third kappa shape index (κ3) is 11.9. The Morgan fingerprint density at radius 2 is 1.28 bits per heavy atom. The van der Waals surface area contributed by atoms with Gasteiger partial charge in [0, 0.05) is 5.56 Å². The van der Waals surface area contributed by atoms with Crippen LogP contribution in [0.3, 0.4) is 0 Å². The van der Waals surface area contributed by atoms with E-state index in [0.717, 1.165) is 36.1 Å². The zero-order valence-corrected chi connectivity index (χ0v) is 23.2. The third-order valence-electron chi connectivity index (χ3n) is 7.91. The zero-order chi connectivity index (χ0) is 25.1. The third-order valence-corrected chi connectivity index (χ3v) is 7.91. The lowest BCUT2D eigenvalue weighted by atomic mass is 9.99. The molecule has 0 saturated heterocycles. The minimum atomic E-state index is 0.762. The Kier molecular flexibility index (Phi) is 14.6. The fraction of sp³-hybridized carbons (Fsp3) is 0.697. The number of aromatic nitrogens is 2. The molecule has 0 unspecified atom stereocenters. The van der Waals surface area contributed by atoms with E-state index >= 15 is 0 Å². The van der Waals surface area contributed by atoms with Gasteiger partial charge in [0.15, 0.2) is 11.6 Å². The molecule has 36 heavy (non-hydrogen) atoms. The molecule has 1 aliphatic carbocycles. The molecule has 0 spiro atoms. The largest absolute Gasteiger partial charge is 0.490 e. The molecule has 1 heterocycles. The maximum absolute atomic E-state index is 5.88. The molecule has 0 atom stereocenters. The predicted octanol–water partition coefficient (Wildman–Crippen LogP) is 10.1. The Balaban J connectivity index is 1.21. The van der Waals surface area contributed by atoms with Crippen LogP contribution in [-0.2, 0) is 6.42 Å². The molecule has 0 radical (unpaired) electrons. The van der Waals surface area contributed by atoms with Crippen molar-refractivity contribution in [3.63, 3.8) is 0 Å². The smallest absolute Gasteiger partial charge is 0.159 e. The Morgan fingerprint density at radius 3 is 1.94 bits per heavy atom. The maximum Gasteiger partial charge on any atom is 0.159 e. The number of ether oxygens (including phenoxy) is 1. The first kappa shape index (κ1) is 28.7. The summed E-state index contributed by atoms with van der Waals surface area (Å²) in [4.78, 5) is 9.08. The average Bonchev–Trinajstić information content (AvgIpc) is 3.44. The van der Waals surface area contributed by atoms with Gasteiger partial charge in [-0.15, -0.1) is 0 Å². The molecule has 1 aromatic carbocycles. The minimum absolute atomic E-state index is 0.762. The number of hydrogen-bond donors (Lipinski definition) is 0. The fourth-order valence-corrected chi connectivity index (χ4v) is 5.55. The Labute approximate surface area is 221 Å². The number of hydrogen-bond acceptors (Lipinski definition) is 3. The number of benzene rings is 1. The van der Waals surface area contributed by atoms with Gasteiger partial charge in [-0.25, -0.2) is 9.97 Å². The van der Waals surface area contributed by atoms with Crippen molar-refractivity contribution in [2.75, 3.05) is 6.61 Å². The van der Waals surface area contributed by atoms with Gasteiger partial charge in [0.2, 0.25) is 0 Å². The summed E-state index contributed by atoms with van der Waals surface area (Å²) in [6.07, 6.45) is 31.1. The van der Waals surface area contributed by atoms with Gasteiger partial charge >= 0.3 is 0 Å². The van der Waals surface area contributed by atoms with Gasteiger partial charge in [-0.3, -0.25) is 0 Å². The lowest BCUT2D eigenvalue weighted by molar-refractivity contribution is 0.302. The first-order valence-corrected chi connectivity index (χ1v) is 15.4. The van der Waals surface area contributed by atoms with E-state index in [9.17, 15) is 0 Å². The van der Waals surface area contributed by atoms with Crippen molar-refractivity contribution in [1.29, 1.82) is 0 Å². The Hall–Kier alpha value is -1.90. The molecule has 0 bridgehead atoms. The van der Waals surface area contributed by atoms with Crippen molar-refractivity contribution >= 4 is 0 Å². The van der Waals surface area contributed by atoms with Crippen molar-refractivity contribution in [2.45, 2.75) is 135 Å². The Bertz CT molecular complexity index is 780. The lowest BCUT2D eigenvalue weighted by Crippen LogP contribution is -1.99. The van der Waals surface area contributed by atoms with E-state index in [1.165, 1.54) is 128 Å². The van der Waals surface area contributed by atoms with Crippen molar-refractivity contribution in [3.8, 4) is 17.1 Å². The summed E-state index contributed by atoms with van der Waals surface area (Å²) in [6, 6.07) is 8.78. The molecule has 3 heteroatoms. The number of rotatable bonds is 20. The standard InChI is InChI=1S/C33H52N2O/c1-2-3-4-5-6-7-10-14-19-30-22-24-31(25-23-30)33-34-27-32(28-35-33)36-26-17-12-9-8-11-13-18-29-20-15-16-21-29/h22-25,27-29H,2-21,26H2,1H3. The predicted molar refractivity (Wildman–Crippen MR) is 154 cm³/mol. The van der Waals surface area contributed by atoms with Crippen LogP contribution in [0.4, 0.5) is 0 Å². The lowest BCUT2D eigenvalue weighted by Gasteiger charge is -2.08. The van der Waals surface area contributed by atoms with Crippen molar-refractivity contribution in [2.24, 2.45) is 5.92 Å². The Morgan fingerprint density at radius 1 is 0.694 bits per heavy atom. The molecule has 0 aliphatic heterocycles. The summed E-state index contributed by atoms with van der Waals surface area (Å²) < 4.78 is 5.88. The molecule has 3 rings (SSSR count). The van der Waals surface area contributed by atoms with Crippen LogP contribution in [0.25, 0.3) is 11.4 Å². The summed E-state index contributed by atoms with van der Waals surface area (Å²) >= 11 is 0. The number of unbranched alkanes of at least 4 members (excludes halogenated alkanes) is 12. The van der Waals surface area contributed by atoms with Crippen LogP contribution in [-0.4, -0.2) is 16.6 Å². The highest BCUT2D eigenvalue weighted by molar-refractivity contribution is 5.55. The van der Waals surface area contributed by atoms with E-state index in [1.807, 2.05) is 12.4 Å². The van der Waals surface area contributed by atoms with Gasteiger partial charge in [-0.2, -0.15) is 0 Å². The second-order valence-electron chi connectivity index (χ2n) is 11.1. The molecule has 1 aromatic heterocycles. The second-order valence-corrected chi connectivity index (χ2v) is 11.1. The summed E-state index contributed by atoms with van der Waals surface area (Å²) in [5.41, 5.74) is 2.49. The van der Waals surface area contributed by atoms with Crippen molar-refractivity contribution < 1.29 is 4.74 Å². The highest BCUT2D eigenvalue weighted by Gasteiger charge is 2.13. The summed E-state index contributed by atoms with van der Waals surface area (Å²) in [5, 5.41) is 0. The zero-order valence-electron chi connectivity index (χ0n) is 23.2. The van der Waals surface area contributed by atoms with Gasteiger partial charge < -0.3 is 4.74 Å². The topological polar surface area (TPSA) is 35.0 Å². The quantitative estimate of drug-likeness (QED) is 0.172. The van der Waals surface area contributed by atoms with Crippen molar-refractivity contribution in [1.82, 2.24) is 9.97 Å². The van der Waals surface area contributed by atoms with Crippen LogP contribution in [0.1, 0.15) is 134 Å². The highest BCUT2D eigenvalue weighted by atomic mass is 16.5. The fourth-order valence-electron chi connectivity index (χ4n) is 5.55. The molecule has 1 aliphatic rings. The van der Waals surface area contributed by atoms with Crippen LogP contribution in [0.2, 0.25) is 0 Å². The maximum atomic E-state index is 5.88. The van der Waals surface area contributed by atoms with Gasteiger partial charge in [0.05, 0.1) is 19.0 Å². The molecule has 3 nitrogen and oxygen atoms in total.